The van der Waals surface area contributed by atoms with Crippen LogP contribution in [0, 0.1) is 5.82 Å². The molecule has 2 aromatic heterocycles. The summed E-state index contributed by atoms with van der Waals surface area (Å²) in [5, 5.41) is 6.22. The Morgan fingerprint density at radius 3 is 2.59 bits per heavy atom. The summed E-state index contributed by atoms with van der Waals surface area (Å²) in [6, 6.07) is 3.53. The Kier molecular flexibility index (Phi) is 6.95. The van der Waals surface area contributed by atoms with Gasteiger partial charge >= 0.3 is 6.09 Å². The minimum Gasteiger partial charge on any atom is -0.444 e. The molecule has 10 heteroatoms. The van der Waals surface area contributed by atoms with Crippen LogP contribution in [0.2, 0.25) is 0 Å². The molecule has 3 heterocycles. The van der Waals surface area contributed by atoms with Crippen LogP contribution < -0.4 is 15.5 Å². The highest BCUT2D eigenvalue weighted by atomic mass is 19.1. The van der Waals surface area contributed by atoms with E-state index >= 15 is 0 Å². The Balaban J connectivity index is 1.38. The number of nitrogens with one attached hydrogen (secondary N) is 2. The molecule has 9 nitrogen and oxygen atoms in total. The van der Waals surface area contributed by atoms with Gasteiger partial charge in [-0.3, -0.25) is 9.69 Å². The second-order valence-electron chi connectivity index (χ2n) is 9.78. The molecule has 182 valence electrons. The van der Waals surface area contributed by atoms with E-state index in [4.69, 9.17) is 4.74 Å². The van der Waals surface area contributed by atoms with E-state index in [0.29, 0.717) is 30.3 Å². The average molecular weight is 471 g/mol. The van der Waals surface area contributed by atoms with Gasteiger partial charge in [0.15, 0.2) is 5.82 Å². The molecular weight excluding hydrogens is 439 g/mol. The third-order valence-electron chi connectivity index (χ3n) is 5.89. The van der Waals surface area contributed by atoms with Crippen molar-refractivity contribution in [3.05, 3.63) is 30.3 Å². The van der Waals surface area contributed by atoms with Gasteiger partial charge in [0, 0.05) is 36.8 Å². The van der Waals surface area contributed by atoms with E-state index in [0.717, 1.165) is 38.3 Å². The zero-order valence-corrected chi connectivity index (χ0v) is 19.8. The number of hydrogen-bond acceptors (Lipinski definition) is 7. The highest BCUT2D eigenvalue weighted by molar-refractivity contribution is 5.94. The number of rotatable bonds is 5. The molecule has 2 N–H and O–H groups in total. The van der Waals surface area contributed by atoms with Crippen molar-refractivity contribution >= 4 is 23.8 Å². The van der Waals surface area contributed by atoms with Crippen molar-refractivity contribution in [1.82, 2.24) is 20.3 Å². The number of halogens is 1. The number of anilines is 2. The lowest BCUT2D eigenvalue weighted by Crippen LogP contribution is -2.42. The molecular formula is C24H31FN6O3. The Bertz CT molecular complexity index is 1050. The van der Waals surface area contributed by atoms with E-state index in [2.05, 4.69) is 25.6 Å². The van der Waals surface area contributed by atoms with Crippen molar-refractivity contribution in [1.29, 1.82) is 0 Å². The number of nitrogens with zero attached hydrogens (tertiary/aromatic N) is 4. The third kappa shape index (κ3) is 5.98. The molecule has 1 saturated carbocycles. The number of pyridine rings is 1. The van der Waals surface area contributed by atoms with E-state index in [1.54, 1.807) is 23.2 Å². The second kappa shape index (κ2) is 9.90. The molecule has 0 aromatic carbocycles. The molecule has 0 bridgehead atoms. The molecule has 1 saturated heterocycles. The predicted octanol–water partition coefficient (Wildman–Crippen LogP) is 4.05. The summed E-state index contributed by atoms with van der Waals surface area (Å²) >= 11 is 0. The minimum absolute atomic E-state index is 0.0203. The van der Waals surface area contributed by atoms with Crippen LogP contribution in [-0.4, -0.2) is 51.2 Å². The summed E-state index contributed by atoms with van der Waals surface area (Å²) in [4.78, 5) is 38.5. The number of carbonyl (C=O) groups is 2. The quantitative estimate of drug-likeness (QED) is 0.678. The molecule has 0 unspecified atom stereocenters. The molecule has 2 aliphatic rings. The number of carbonyl (C=O) groups excluding carboxylic acids is 2. The van der Waals surface area contributed by atoms with Gasteiger partial charge in [-0.05, 0) is 65.0 Å². The maximum absolute atomic E-state index is 14.6. The molecule has 34 heavy (non-hydrogen) atoms. The minimum atomic E-state index is -0.541. The average Bonchev–Trinajstić information content (AvgIpc) is 3.21. The maximum atomic E-state index is 14.6. The first-order valence-electron chi connectivity index (χ1n) is 11.7. The lowest BCUT2D eigenvalue weighted by molar-refractivity contribution is -0.117. The van der Waals surface area contributed by atoms with Crippen molar-refractivity contribution in [3.63, 3.8) is 0 Å². The number of alkyl carbamates (subject to hydrolysis) is 1. The zero-order chi connectivity index (χ0) is 24.3. The van der Waals surface area contributed by atoms with Gasteiger partial charge in [0.05, 0.1) is 6.20 Å². The Morgan fingerprint density at radius 2 is 1.91 bits per heavy atom. The van der Waals surface area contributed by atoms with Crippen LogP contribution >= 0.6 is 0 Å². The zero-order valence-electron chi connectivity index (χ0n) is 19.8. The normalized spacial score (nSPS) is 20.8. The molecule has 2 aromatic rings. The fraction of sp³-hybridized carbons (Fsp3) is 0.542. The van der Waals surface area contributed by atoms with Gasteiger partial charge in [-0.25, -0.2) is 24.1 Å². The van der Waals surface area contributed by atoms with Crippen LogP contribution in [0.3, 0.4) is 0 Å². The van der Waals surface area contributed by atoms with Crippen LogP contribution in [0.5, 0.6) is 0 Å². The Labute approximate surface area is 198 Å². The highest BCUT2D eigenvalue weighted by Crippen LogP contribution is 2.27. The molecule has 0 spiro atoms. The van der Waals surface area contributed by atoms with E-state index in [1.165, 1.54) is 0 Å². The van der Waals surface area contributed by atoms with Crippen LogP contribution in [0.1, 0.15) is 59.3 Å². The number of hydrogen-bond donors (Lipinski definition) is 2. The van der Waals surface area contributed by atoms with Crippen LogP contribution in [0.15, 0.2) is 24.5 Å². The lowest BCUT2D eigenvalue weighted by Gasteiger charge is -2.30. The standard InChI is InChI=1S/C24H31FN6O3/c1-24(2,3)34-23(33)29-17-8-6-16(7-9-17)28-22-27-14-18(25)21(30-22)15-10-11-26-19(13-15)31-12-4-5-20(31)32/h10-11,13-14,16-17H,4-9,12H2,1-3H3,(H,29,33)(H,27,28,30)/t16-,17-. The maximum Gasteiger partial charge on any atom is 0.407 e. The smallest absolute Gasteiger partial charge is 0.407 e. The van der Waals surface area contributed by atoms with Crippen molar-refractivity contribution in [2.45, 2.75) is 77.0 Å². The molecule has 4 rings (SSSR count). The molecule has 0 atom stereocenters. The highest BCUT2D eigenvalue weighted by Gasteiger charge is 2.26. The largest absolute Gasteiger partial charge is 0.444 e. The molecule has 1 aliphatic heterocycles. The summed E-state index contributed by atoms with van der Waals surface area (Å²) in [7, 11) is 0. The SMILES string of the molecule is CC(C)(C)OC(=O)N[C@H]1CC[C@H](Nc2ncc(F)c(-c3ccnc(N4CCCC4=O)c3)n2)CC1. The predicted molar refractivity (Wildman–Crippen MR) is 126 cm³/mol. The third-order valence-corrected chi connectivity index (χ3v) is 5.89. The van der Waals surface area contributed by atoms with Gasteiger partial charge in [-0.15, -0.1) is 0 Å². The number of amides is 2. The van der Waals surface area contributed by atoms with Crippen LogP contribution in [0.25, 0.3) is 11.3 Å². The molecule has 0 radical (unpaired) electrons. The van der Waals surface area contributed by atoms with Gasteiger partial charge in [0.1, 0.15) is 17.1 Å². The van der Waals surface area contributed by atoms with Crippen molar-refractivity contribution < 1.29 is 18.7 Å². The monoisotopic (exact) mass is 470 g/mol. The molecule has 2 amide bonds. The van der Waals surface area contributed by atoms with Crippen molar-refractivity contribution in [2.24, 2.45) is 0 Å². The first kappa shape index (κ1) is 23.8. The summed E-state index contributed by atoms with van der Waals surface area (Å²) in [6.07, 6.45) is 6.81. The van der Waals surface area contributed by atoms with Crippen LogP contribution in [-0.2, 0) is 9.53 Å². The Hall–Kier alpha value is -3.30. The van der Waals surface area contributed by atoms with E-state index in [-0.39, 0.29) is 23.7 Å². The van der Waals surface area contributed by atoms with Crippen molar-refractivity contribution in [3.8, 4) is 11.3 Å². The van der Waals surface area contributed by atoms with Gasteiger partial charge < -0.3 is 15.4 Å². The van der Waals surface area contributed by atoms with Gasteiger partial charge in [-0.1, -0.05) is 0 Å². The number of aromatic nitrogens is 3. The summed E-state index contributed by atoms with van der Waals surface area (Å²) in [5.74, 6) is 0.325. The lowest BCUT2D eigenvalue weighted by atomic mass is 9.91. The van der Waals surface area contributed by atoms with Gasteiger partial charge in [-0.2, -0.15) is 0 Å². The summed E-state index contributed by atoms with van der Waals surface area (Å²) in [6.45, 7) is 6.12. The molecule has 2 fully saturated rings. The fourth-order valence-corrected chi connectivity index (χ4v) is 4.28. The van der Waals surface area contributed by atoms with Gasteiger partial charge in [0.2, 0.25) is 11.9 Å². The molecule has 1 aliphatic carbocycles. The fourth-order valence-electron chi connectivity index (χ4n) is 4.28. The van der Waals surface area contributed by atoms with Gasteiger partial charge in [0.25, 0.3) is 0 Å². The van der Waals surface area contributed by atoms with E-state index in [1.807, 2.05) is 20.8 Å². The second-order valence-corrected chi connectivity index (χ2v) is 9.78. The van der Waals surface area contributed by atoms with E-state index < -0.39 is 17.5 Å². The van der Waals surface area contributed by atoms with Crippen LogP contribution in [0.4, 0.5) is 21.0 Å². The van der Waals surface area contributed by atoms with Crippen molar-refractivity contribution in [2.75, 3.05) is 16.8 Å². The number of ether oxygens (including phenoxy) is 1. The summed E-state index contributed by atoms with van der Waals surface area (Å²) < 4.78 is 19.9. The topological polar surface area (TPSA) is 109 Å². The Morgan fingerprint density at radius 1 is 1.18 bits per heavy atom. The first-order valence-corrected chi connectivity index (χ1v) is 11.7. The first-order chi connectivity index (χ1) is 16.2. The summed E-state index contributed by atoms with van der Waals surface area (Å²) in [5.41, 5.74) is 0.172. The van der Waals surface area contributed by atoms with E-state index in [9.17, 15) is 14.0 Å².